The molecule has 0 aliphatic rings. The minimum Gasteiger partial charge on any atom is -0.508 e. The second-order valence-corrected chi connectivity index (χ2v) is 7.59. The van der Waals surface area contributed by atoms with Crippen LogP contribution in [0.4, 0.5) is 0 Å². The molecule has 6 heteroatoms. The van der Waals surface area contributed by atoms with Gasteiger partial charge in [0.15, 0.2) is 0 Å². The van der Waals surface area contributed by atoms with E-state index in [1.54, 1.807) is 25.3 Å². The van der Waals surface area contributed by atoms with Crippen LogP contribution in [0.1, 0.15) is 43.0 Å². The van der Waals surface area contributed by atoms with Crippen LogP contribution >= 0.6 is 0 Å². The summed E-state index contributed by atoms with van der Waals surface area (Å²) >= 11 is 0. The normalized spacial score (nSPS) is 13.0. The summed E-state index contributed by atoms with van der Waals surface area (Å²) in [5.41, 5.74) is 10.2. The van der Waals surface area contributed by atoms with Gasteiger partial charge in [-0.1, -0.05) is 50.3 Å². The average molecular weight is 424 g/mol. The molecule has 0 aromatic heterocycles. The van der Waals surface area contributed by atoms with Crippen molar-refractivity contribution in [3.8, 4) is 5.75 Å². The van der Waals surface area contributed by atoms with E-state index in [-0.39, 0.29) is 17.6 Å². The predicted octanol–water partition coefficient (Wildman–Crippen LogP) is 2.76. The molecule has 166 valence electrons. The zero-order valence-corrected chi connectivity index (χ0v) is 18.5. The van der Waals surface area contributed by atoms with Gasteiger partial charge in [-0.3, -0.25) is 9.59 Å². The Labute approximate surface area is 184 Å². The number of aromatic hydroxyl groups is 1. The second-order valence-electron chi connectivity index (χ2n) is 7.59. The van der Waals surface area contributed by atoms with Gasteiger partial charge >= 0.3 is 0 Å². The summed E-state index contributed by atoms with van der Waals surface area (Å²) in [6.45, 7) is 5.63. The Morgan fingerprint density at radius 2 is 1.68 bits per heavy atom. The molecule has 0 aliphatic heterocycles. The van der Waals surface area contributed by atoms with Crippen molar-refractivity contribution in [1.29, 1.82) is 0 Å². The number of nitrogens with one attached hydrogen (secondary N) is 2. The molecule has 31 heavy (non-hydrogen) atoms. The fourth-order valence-corrected chi connectivity index (χ4v) is 3.45. The lowest BCUT2D eigenvalue weighted by atomic mass is 9.92. The van der Waals surface area contributed by atoms with Crippen LogP contribution in [0, 0.1) is 0 Å². The van der Waals surface area contributed by atoms with E-state index in [0.717, 1.165) is 35.1 Å². The largest absolute Gasteiger partial charge is 0.508 e. The van der Waals surface area contributed by atoms with E-state index in [0.29, 0.717) is 12.8 Å². The summed E-state index contributed by atoms with van der Waals surface area (Å²) < 4.78 is 0. The zero-order valence-electron chi connectivity index (χ0n) is 18.5. The highest BCUT2D eigenvalue weighted by Gasteiger charge is 2.22. The van der Waals surface area contributed by atoms with E-state index in [2.05, 4.69) is 10.6 Å². The fourth-order valence-electron chi connectivity index (χ4n) is 3.45. The van der Waals surface area contributed by atoms with Crippen LogP contribution in [0.5, 0.6) is 5.75 Å². The van der Waals surface area contributed by atoms with Crippen molar-refractivity contribution in [2.45, 2.75) is 58.5 Å². The number of allylic oxidation sites excluding steroid dienone is 1. The first-order valence-electron chi connectivity index (χ1n) is 10.7. The second kappa shape index (κ2) is 11.9. The number of rotatable bonds is 10. The van der Waals surface area contributed by atoms with Gasteiger partial charge in [-0.15, -0.1) is 0 Å². The summed E-state index contributed by atoms with van der Waals surface area (Å²) in [6, 6.07) is 11.9. The Kier molecular flexibility index (Phi) is 9.28. The van der Waals surface area contributed by atoms with Crippen molar-refractivity contribution >= 4 is 11.8 Å². The molecule has 2 atom stereocenters. The van der Waals surface area contributed by atoms with Gasteiger partial charge in [0.25, 0.3) is 0 Å². The number of aryl methyl sites for hydroxylation is 2. The maximum atomic E-state index is 12.6. The summed E-state index contributed by atoms with van der Waals surface area (Å²) in [4.78, 5) is 24.8. The van der Waals surface area contributed by atoms with Crippen LogP contribution in [0.25, 0.3) is 0 Å². The third-order valence-electron chi connectivity index (χ3n) is 5.23. The minimum absolute atomic E-state index is 0.223. The molecule has 5 N–H and O–H groups in total. The molecule has 0 aliphatic carbocycles. The highest BCUT2D eigenvalue weighted by atomic mass is 16.3. The highest BCUT2D eigenvalue weighted by Crippen LogP contribution is 2.24. The number of carbonyl (C=O) groups is 2. The highest BCUT2D eigenvalue weighted by molar-refractivity contribution is 5.89. The van der Waals surface area contributed by atoms with Crippen molar-refractivity contribution in [1.82, 2.24) is 10.6 Å². The number of benzene rings is 2. The molecule has 2 amide bonds. The summed E-state index contributed by atoms with van der Waals surface area (Å²) in [7, 11) is 0. The molecule has 0 heterocycles. The molecular formula is C25H33N3O3. The summed E-state index contributed by atoms with van der Waals surface area (Å²) in [5, 5.41) is 15.3. The Hall–Kier alpha value is -3.12. The Morgan fingerprint density at radius 3 is 2.26 bits per heavy atom. The number of hydrogen-bond donors (Lipinski definition) is 4. The maximum Gasteiger partial charge on any atom is 0.246 e. The molecule has 0 unspecified atom stereocenters. The Morgan fingerprint density at radius 1 is 1.06 bits per heavy atom. The molecule has 2 rings (SSSR count). The van der Waals surface area contributed by atoms with E-state index in [1.165, 1.54) is 0 Å². The number of phenolic OH excluding ortho intramolecular Hbond substituents is 1. The molecular weight excluding hydrogens is 390 g/mol. The van der Waals surface area contributed by atoms with Gasteiger partial charge < -0.3 is 21.5 Å². The summed E-state index contributed by atoms with van der Waals surface area (Å²) in [5.74, 6) is -0.466. The number of hydrogen-bond acceptors (Lipinski definition) is 4. The lowest BCUT2D eigenvalue weighted by Gasteiger charge is -2.20. The van der Waals surface area contributed by atoms with Gasteiger partial charge in [0.05, 0.1) is 6.04 Å². The van der Waals surface area contributed by atoms with E-state index < -0.39 is 12.1 Å². The minimum atomic E-state index is -0.788. The van der Waals surface area contributed by atoms with Crippen molar-refractivity contribution < 1.29 is 14.7 Å². The number of phenols is 1. The molecule has 0 saturated carbocycles. The third-order valence-corrected chi connectivity index (χ3v) is 5.23. The quantitative estimate of drug-likeness (QED) is 0.472. The van der Waals surface area contributed by atoms with Crippen molar-refractivity contribution in [3.05, 3.63) is 77.0 Å². The first-order chi connectivity index (χ1) is 14.8. The molecule has 2 aromatic carbocycles. The maximum absolute atomic E-state index is 12.6. The van der Waals surface area contributed by atoms with Gasteiger partial charge in [-0.05, 0) is 67.0 Å². The van der Waals surface area contributed by atoms with E-state index in [1.807, 2.05) is 50.3 Å². The van der Waals surface area contributed by atoms with Crippen LogP contribution in [0.3, 0.4) is 0 Å². The number of nitrogens with two attached hydrogens (primary N) is 1. The Bertz CT molecular complexity index is 884. The summed E-state index contributed by atoms with van der Waals surface area (Å²) in [6.07, 6.45) is 5.98. The lowest BCUT2D eigenvalue weighted by molar-refractivity contribution is -0.128. The molecule has 0 radical (unpaired) electrons. The Balaban J connectivity index is 1.90. The molecule has 6 nitrogen and oxygen atoms in total. The molecule has 0 bridgehead atoms. The van der Waals surface area contributed by atoms with Crippen molar-refractivity contribution in [2.75, 3.05) is 0 Å². The smallest absolute Gasteiger partial charge is 0.246 e. The fraction of sp³-hybridized carbons (Fsp3) is 0.360. The molecule has 0 fully saturated rings. The van der Waals surface area contributed by atoms with Gasteiger partial charge in [-0.25, -0.2) is 0 Å². The van der Waals surface area contributed by atoms with E-state index in [9.17, 15) is 14.7 Å². The van der Waals surface area contributed by atoms with Crippen LogP contribution in [0.15, 0.2) is 54.7 Å². The van der Waals surface area contributed by atoms with E-state index in [4.69, 9.17) is 5.73 Å². The third kappa shape index (κ3) is 7.26. The monoisotopic (exact) mass is 423 g/mol. The topological polar surface area (TPSA) is 104 Å². The predicted molar refractivity (Wildman–Crippen MR) is 124 cm³/mol. The van der Waals surface area contributed by atoms with Gasteiger partial charge in [0.2, 0.25) is 11.8 Å². The lowest BCUT2D eigenvalue weighted by Crippen LogP contribution is -2.50. The zero-order chi connectivity index (χ0) is 22.8. The standard InChI is InChI=1S/C25H33N3O3/c1-4-19-14-21(29)15-20(5-2)22(19)16-23(26)25(31)28-17(3)24(30)27-13-9-12-18-10-7-6-8-11-18/h6-11,13-15,17,23,29H,4-5,12,16,26H2,1-3H3,(H,27,30)(H,28,31)/b13-9-/t17-,23+/m1/s1. The van der Waals surface area contributed by atoms with Crippen LogP contribution < -0.4 is 16.4 Å². The molecule has 0 saturated heterocycles. The number of amides is 2. The first kappa shape index (κ1) is 24.2. The van der Waals surface area contributed by atoms with Gasteiger partial charge in [0.1, 0.15) is 11.8 Å². The van der Waals surface area contributed by atoms with Crippen LogP contribution in [-0.2, 0) is 35.3 Å². The molecule has 2 aromatic rings. The van der Waals surface area contributed by atoms with Crippen LogP contribution in [-0.4, -0.2) is 29.0 Å². The van der Waals surface area contributed by atoms with Crippen molar-refractivity contribution in [2.24, 2.45) is 5.73 Å². The SMILES string of the molecule is CCc1cc(O)cc(CC)c1C[C@H](N)C(=O)N[C@H](C)C(=O)N/C=C\Cc1ccccc1. The van der Waals surface area contributed by atoms with Crippen LogP contribution in [0.2, 0.25) is 0 Å². The van der Waals surface area contributed by atoms with E-state index >= 15 is 0 Å². The first-order valence-corrected chi connectivity index (χ1v) is 10.7. The van der Waals surface area contributed by atoms with Gasteiger partial charge in [-0.2, -0.15) is 0 Å². The van der Waals surface area contributed by atoms with Gasteiger partial charge in [0, 0.05) is 6.20 Å². The number of carbonyl (C=O) groups excluding carboxylic acids is 2. The molecule has 0 spiro atoms. The average Bonchev–Trinajstić information content (AvgIpc) is 2.77. The van der Waals surface area contributed by atoms with Crippen molar-refractivity contribution in [3.63, 3.8) is 0 Å².